The molecule has 0 radical (unpaired) electrons. The van der Waals surface area contributed by atoms with E-state index in [4.69, 9.17) is 0 Å². The molecule has 0 amide bonds. The zero-order valence-electron chi connectivity index (χ0n) is 24.3. The molecule has 0 fully saturated rings. The van der Waals surface area contributed by atoms with Crippen molar-refractivity contribution in [3.05, 3.63) is 158 Å². The zero-order chi connectivity index (χ0) is 29.5. The molecule has 10 rings (SSSR count). The summed E-state index contributed by atoms with van der Waals surface area (Å²) >= 11 is 1.88. The van der Waals surface area contributed by atoms with E-state index in [1.165, 1.54) is 86.3 Å². The van der Waals surface area contributed by atoms with Gasteiger partial charge in [-0.2, -0.15) is 0 Å². The number of nitrogens with zero attached hydrogens (tertiary/aromatic N) is 2. The Kier molecular flexibility index (Phi) is 5.19. The van der Waals surface area contributed by atoms with Crippen LogP contribution in [0.15, 0.2) is 158 Å². The van der Waals surface area contributed by atoms with Gasteiger partial charge in [0.15, 0.2) is 0 Å². The van der Waals surface area contributed by atoms with Crippen molar-refractivity contribution in [2.75, 3.05) is 0 Å². The van der Waals surface area contributed by atoms with Gasteiger partial charge in [0.05, 0.1) is 22.1 Å². The maximum Gasteiger partial charge on any atom is 0.0634 e. The van der Waals surface area contributed by atoms with Gasteiger partial charge in [-0.05, 0) is 65.7 Å². The lowest BCUT2D eigenvalue weighted by molar-refractivity contribution is 1.18. The second-order valence-electron chi connectivity index (χ2n) is 11.8. The third kappa shape index (κ3) is 3.56. The van der Waals surface area contributed by atoms with Crippen molar-refractivity contribution in [2.24, 2.45) is 0 Å². The van der Waals surface area contributed by atoms with Gasteiger partial charge in [-0.15, -0.1) is 11.3 Å². The molecule has 45 heavy (non-hydrogen) atoms. The van der Waals surface area contributed by atoms with Crippen LogP contribution in [0.3, 0.4) is 0 Å². The number of para-hydroxylation sites is 3. The minimum atomic E-state index is 1.17. The van der Waals surface area contributed by atoms with Crippen LogP contribution in [0, 0.1) is 0 Å². The van der Waals surface area contributed by atoms with E-state index in [0.717, 1.165) is 0 Å². The van der Waals surface area contributed by atoms with Gasteiger partial charge >= 0.3 is 0 Å². The first-order chi connectivity index (χ1) is 22.3. The summed E-state index contributed by atoms with van der Waals surface area (Å²) in [6.07, 6.45) is 0. The SMILES string of the molecule is c1cc(-c2cccc(-n3c4ccccc4c4ccc5sc6ccccc6c5c43)c2)cc(-n2c3ccccc3c3ccccc32)c1. The van der Waals surface area contributed by atoms with Crippen molar-refractivity contribution >= 4 is 75.1 Å². The second-order valence-corrected chi connectivity index (χ2v) is 12.8. The molecule has 0 aliphatic heterocycles. The summed E-state index contributed by atoms with van der Waals surface area (Å²) in [6, 6.07) is 57.6. The maximum absolute atomic E-state index is 2.48. The van der Waals surface area contributed by atoms with Gasteiger partial charge < -0.3 is 9.13 Å². The van der Waals surface area contributed by atoms with Crippen LogP contribution in [0.25, 0.3) is 86.3 Å². The molecule has 0 saturated heterocycles. The zero-order valence-corrected chi connectivity index (χ0v) is 25.1. The highest BCUT2D eigenvalue weighted by Crippen LogP contribution is 2.43. The van der Waals surface area contributed by atoms with Crippen molar-refractivity contribution in [3.63, 3.8) is 0 Å². The number of hydrogen-bond donors (Lipinski definition) is 0. The molecule has 0 unspecified atom stereocenters. The summed E-state index contributed by atoms with van der Waals surface area (Å²) in [4.78, 5) is 0. The average molecular weight is 591 g/mol. The number of benzene rings is 7. The molecule has 3 heterocycles. The predicted molar refractivity (Wildman–Crippen MR) is 193 cm³/mol. The number of thiophene rings is 1. The standard InChI is InChI=1S/C42H26N2S/c1-5-19-36-31(15-1)32-16-2-6-20-37(32)43(36)29-13-9-11-27(25-29)28-12-10-14-30(26-28)44-38-21-7-3-17-33(38)34-23-24-40-41(42(34)44)35-18-4-8-22-39(35)45-40/h1-26H. The Bertz CT molecular complexity index is 2720. The summed E-state index contributed by atoms with van der Waals surface area (Å²) in [5.41, 5.74) is 9.69. The molecule has 3 heteroatoms. The molecule has 210 valence electrons. The number of rotatable bonds is 3. The fourth-order valence-corrected chi connectivity index (χ4v) is 8.49. The van der Waals surface area contributed by atoms with Crippen LogP contribution >= 0.6 is 11.3 Å². The molecule has 0 N–H and O–H groups in total. The second kappa shape index (κ2) is 9.43. The van der Waals surface area contributed by atoms with E-state index in [0.29, 0.717) is 0 Å². The molecule has 0 bridgehead atoms. The fraction of sp³-hybridized carbons (Fsp3) is 0. The third-order valence-electron chi connectivity index (χ3n) is 9.30. The minimum absolute atomic E-state index is 1.17. The summed E-state index contributed by atoms with van der Waals surface area (Å²) in [5.74, 6) is 0. The van der Waals surface area contributed by atoms with Crippen LogP contribution in [-0.4, -0.2) is 9.13 Å². The molecule has 0 aliphatic carbocycles. The maximum atomic E-state index is 2.48. The Morgan fingerprint density at radius 1 is 0.356 bits per heavy atom. The van der Waals surface area contributed by atoms with Gasteiger partial charge in [-0.3, -0.25) is 0 Å². The molecule has 2 nitrogen and oxygen atoms in total. The van der Waals surface area contributed by atoms with Crippen molar-refractivity contribution in [1.82, 2.24) is 9.13 Å². The monoisotopic (exact) mass is 590 g/mol. The lowest BCUT2D eigenvalue weighted by Gasteiger charge is -2.13. The summed E-state index contributed by atoms with van der Waals surface area (Å²) in [5, 5.41) is 7.78. The van der Waals surface area contributed by atoms with Crippen molar-refractivity contribution in [1.29, 1.82) is 0 Å². The summed E-state index contributed by atoms with van der Waals surface area (Å²) in [7, 11) is 0. The highest BCUT2D eigenvalue weighted by Gasteiger charge is 2.18. The van der Waals surface area contributed by atoms with E-state index in [1.807, 2.05) is 11.3 Å². The molecule has 0 aliphatic rings. The van der Waals surface area contributed by atoms with Crippen LogP contribution < -0.4 is 0 Å². The Balaban J connectivity index is 1.21. The molecule has 0 saturated carbocycles. The molecular weight excluding hydrogens is 565 g/mol. The lowest BCUT2D eigenvalue weighted by Crippen LogP contribution is -1.96. The smallest absolute Gasteiger partial charge is 0.0634 e. The summed E-state index contributed by atoms with van der Waals surface area (Å²) in [6.45, 7) is 0. The van der Waals surface area contributed by atoms with Crippen molar-refractivity contribution in [3.8, 4) is 22.5 Å². The normalized spacial score (nSPS) is 12.0. The first-order valence-corrected chi connectivity index (χ1v) is 16.2. The third-order valence-corrected chi connectivity index (χ3v) is 10.4. The molecule has 0 spiro atoms. The van der Waals surface area contributed by atoms with E-state index >= 15 is 0 Å². The quantitative estimate of drug-likeness (QED) is 0.194. The van der Waals surface area contributed by atoms with Gasteiger partial charge in [0, 0.05) is 53.1 Å². The van der Waals surface area contributed by atoms with Crippen molar-refractivity contribution in [2.45, 2.75) is 0 Å². The Labute approximate surface area is 263 Å². The molecule has 10 aromatic rings. The number of aromatic nitrogens is 2. The lowest BCUT2D eigenvalue weighted by atomic mass is 10.0. The van der Waals surface area contributed by atoms with E-state index < -0.39 is 0 Å². The molecule has 7 aromatic carbocycles. The highest BCUT2D eigenvalue weighted by molar-refractivity contribution is 7.26. The Morgan fingerprint density at radius 2 is 0.867 bits per heavy atom. The highest BCUT2D eigenvalue weighted by atomic mass is 32.1. The number of hydrogen-bond acceptors (Lipinski definition) is 1. The van der Waals surface area contributed by atoms with Gasteiger partial charge in [-0.1, -0.05) is 103 Å². The van der Waals surface area contributed by atoms with Gasteiger partial charge in [0.2, 0.25) is 0 Å². The minimum Gasteiger partial charge on any atom is -0.309 e. The van der Waals surface area contributed by atoms with Crippen LogP contribution in [0.5, 0.6) is 0 Å². The van der Waals surface area contributed by atoms with Crippen LogP contribution in [-0.2, 0) is 0 Å². The summed E-state index contributed by atoms with van der Waals surface area (Å²) < 4.78 is 7.52. The fourth-order valence-electron chi connectivity index (χ4n) is 7.38. The topological polar surface area (TPSA) is 9.86 Å². The van der Waals surface area contributed by atoms with Gasteiger partial charge in [0.1, 0.15) is 0 Å². The first kappa shape index (κ1) is 24.8. The Hall–Kier alpha value is -5.64. The van der Waals surface area contributed by atoms with E-state index in [1.54, 1.807) is 0 Å². The van der Waals surface area contributed by atoms with Crippen molar-refractivity contribution < 1.29 is 0 Å². The molecule has 0 atom stereocenters. The predicted octanol–water partition coefficient (Wildman–Crippen LogP) is 11.9. The van der Waals surface area contributed by atoms with Gasteiger partial charge in [-0.25, -0.2) is 0 Å². The van der Waals surface area contributed by atoms with Crippen LogP contribution in [0.1, 0.15) is 0 Å². The van der Waals surface area contributed by atoms with E-state index in [2.05, 4.69) is 167 Å². The van der Waals surface area contributed by atoms with Crippen LogP contribution in [0.4, 0.5) is 0 Å². The van der Waals surface area contributed by atoms with Gasteiger partial charge in [0.25, 0.3) is 0 Å². The largest absolute Gasteiger partial charge is 0.309 e. The number of fused-ring (bicyclic) bond motifs is 10. The molecule has 3 aromatic heterocycles. The average Bonchev–Trinajstić information content (AvgIpc) is 3.76. The Morgan fingerprint density at radius 3 is 1.51 bits per heavy atom. The molecular formula is C42H26N2S. The van der Waals surface area contributed by atoms with Crippen LogP contribution in [0.2, 0.25) is 0 Å². The van der Waals surface area contributed by atoms with E-state index in [-0.39, 0.29) is 0 Å². The first-order valence-electron chi connectivity index (χ1n) is 15.4. The van der Waals surface area contributed by atoms with E-state index in [9.17, 15) is 0 Å².